The molecule has 0 aliphatic carbocycles. The first-order chi connectivity index (χ1) is 15.1. The number of aromatic nitrogens is 2. The van der Waals surface area contributed by atoms with E-state index in [-0.39, 0.29) is 11.8 Å². The first-order valence-electron chi connectivity index (χ1n) is 10.2. The van der Waals surface area contributed by atoms with Gasteiger partial charge in [0, 0.05) is 11.1 Å². The number of nitrogens with one attached hydrogen (secondary N) is 1. The molecule has 1 amide bonds. The molecule has 0 spiro atoms. The average molecular weight is 409 g/mol. The molecule has 0 bridgehead atoms. The molecule has 2 heterocycles. The van der Waals surface area contributed by atoms with Gasteiger partial charge in [-0.2, -0.15) is 10.4 Å². The molecule has 6 nitrogen and oxygen atoms in total. The molecule has 0 saturated heterocycles. The van der Waals surface area contributed by atoms with Crippen LogP contribution < -0.4 is 5.32 Å². The maximum atomic E-state index is 13.0. The van der Waals surface area contributed by atoms with Crippen molar-refractivity contribution in [3.05, 3.63) is 84.1 Å². The van der Waals surface area contributed by atoms with Crippen LogP contribution in [0.25, 0.3) is 10.9 Å². The molecule has 154 valence electrons. The molecule has 1 N–H and O–H groups in total. The highest BCUT2D eigenvalue weighted by atomic mass is 16.1. The number of aliphatic imine (C=N–C) groups is 1. The van der Waals surface area contributed by atoms with Gasteiger partial charge in [-0.05, 0) is 43.2 Å². The Morgan fingerprint density at radius 1 is 1.23 bits per heavy atom. The molecular formula is C25H23N5O. The summed E-state index contributed by atoms with van der Waals surface area (Å²) in [5.74, 6) is -0.405. The molecule has 2 aromatic carbocycles. The van der Waals surface area contributed by atoms with Crippen LogP contribution in [0.15, 0.2) is 83.5 Å². The van der Waals surface area contributed by atoms with Crippen molar-refractivity contribution in [3.8, 4) is 6.07 Å². The van der Waals surface area contributed by atoms with Crippen LogP contribution in [0.4, 0.5) is 5.69 Å². The van der Waals surface area contributed by atoms with E-state index in [4.69, 9.17) is 0 Å². The third kappa shape index (κ3) is 4.78. The number of fused-ring (bicyclic) bond motifs is 1. The molecule has 1 aliphatic heterocycles. The van der Waals surface area contributed by atoms with Crippen molar-refractivity contribution >= 4 is 28.2 Å². The zero-order valence-corrected chi connectivity index (χ0v) is 17.3. The Bertz CT molecular complexity index is 1230. The number of rotatable bonds is 4. The van der Waals surface area contributed by atoms with Gasteiger partial charge in [0.05, 0.1) is 48.1 Å². The lowest BCUT2D eigenvalue weighted by molar-refractivity contribution is -0.119. The quantitative estimate of drug-likeness (QED) is 0.688. The van der Waals surface area contributed by atoms with Crippen LogP contribution in [0.1, 0.15) is 18.9 Å². The van der Waals surface area contributed by atoms with Crippen molar-refractivity contribution in [2.24, 2.45) is 10.9 Å². The Labute approximate surface area is 181 Å². The third-order valence-corrected chi connectivity index (χ3v) is 5.26. The van der Waals surface area contributed by atoms with E-state index in [0.29, 0.717) is 25.1 Å². The number of benzene rings is 2. The Morgan fingerprint density at radius 3 is 2.87 bits per heavy atom. The van der Waals surface area contributed by atoms with Gasteiger partial charge in [0.25, 0.3) is 0 Å². The lowest BCUT2D eigenvalue weighted by Crippen LogP contribution is -2.25. The molecule has 31 heavy (non-hydrogen) atoms. The smallest absolute Gasteiger partial charge is 0.229 e. The Hall–Kier alpha value is -3.98. The highest BCUT2D eigenvalue weighted by Crippen LogP contribution is 2.25. The highest BCUT2D eigenvalue weighted by Gasteiger charge is 2.19. The van der Waals surface area contributed by atoms with Gasteiger partial charge in [-0.15, -0.1) is 0 Å². The van der Waals surface area contributed by atoms with Gasteiger partial charge >= 0.3 is 0 Å². The van der Waals surface area contributed by atoms with Crippen molar-refractivity contribution in [1.29, 1.82) is 5.26 Å². The number of hydrogen-bond donors (Lipinski definition) is 1. The summed E-state index contributed by atoms with van der Waals surface area (Å²) in [5.41, 5.74) is 4.15. The lowest BCUT2D eigenvalue weighted by atomic mass is 10.0. The van der Waals surface area contributed by atoms with E-state index >= 15 is 0 Å². The Kier molecular flexibility index (Phi) is 6.04. The van der Waals surface area contributed by atoms with Gasteiger partial charge in [-0.3, -0.25) is 14.5 Å². The summed E-state index contributed by atoms with van der Waals surface area (Å²) in [6, 6.07) is 18.1. The standard InChI is InChI=1S/C25H23N5O/c1-18-13-20(14-26)9-5-10-21(15-27-18)25(31)29-23-11-6-12-24-22(23)16-28-30(24)17-19-7-3-2-4-8-19/h2-9,11-13,16,21H,10,15,17H2,1H3,(H,29,31)/b9-5+,20-13?,27-18?. The van der Waals surface area contributed by atoms with Crippen LogP contribution in [0.3, 0.4) is 0 Å². The van der Waals surface area contributed by atoms with E-state index in [9.17, 15) is 10.1 Å². The van der Waals surface area contributed by atoms with Gasteiger partial charge in [-0.1, -0.05) is 42.5 Å². The van der Waals surface area contributed by atoms with E-state index < -0.39 is 0 Å². The molecule has 1 unspecified atom stereocenters. The number of carbonyl (C=O) groups is 1. The summed E-state index contributed by atoms with van der Waals surface area (Å²) in [4.78, 5) is 17.5. The lowest BCUT2D eigenvalue weighted by Gasteiger charge is -2.14. The second kappa shape index (κ2) is 9.23. The first kappa shape index (κ1) is 20.3. The fraction of sp³-hybridized carbons (Fsp3) is 0.200. The molecule has 1 aliphatic rings. The van der Waals surface area contributed by atoms with Crippen LogP contribution in [0.5, 0.6) is 0 Å². The fourth-order valence-electron chi connectivity index (χ4n) is 3.60. The van der Waals surface area contributed by atoms with Crippen LogP contribution in [0, 0.1) is 17.2 Å². The number of nitriles is 1. The second-order valence-electron chi connectivity index (χ2n) is 7.54. The fourth-order valence-corrected chi connectivity index (χ4v) is 3.60. The van der Waals surface area contributed by atoms with Crippen molar-refractivity contribution in [3.63, 3.8) is 0 Å². The average Bonchev–Trinajstić information content (AvgIpc) is 3.22. The summed E-state index contributed by atoms with van der Waals surface area (Å²) in [6.07, 6.45) is 7.66. The molecule has 0 radical (unpaired) electrons. The largest absolute Gasteiger partial charge is 0.325 e. The molecule has 1 atom stereocenters. The highest BCUT2D eigenvalue weighted by molar-refractivity contribution is 6.02. The maximum absolute atomic E-state index is 13.0. The molecule has 4 rings (SSSR count). The van der Waals surface area contributed by atoms with Crippen molar-refractivity contribution in [2.75, 3.05) is 11.9 Å². The monoisotopic (exact) mass is 409 g/mol. The van der Waals surface area contributed by atoms with Gasteiger partial charge in [-0.25, -0.2) is 0 Å². The first-order valence-corrected chi connectivity index (χ1v) is 10.2. The van der Waals surface area contributed by atoms with Crippen LogP contribution in [-0.4, -0.2) is 27.9 Å². The maximum Gasteiger partial charge on any atom is 0.229 e. The minimum absolute atomic E-state index is 0.0927. The number of hydrogen-bond acceptors (Lipinski definition) is 4. The van der Waals surface area contributed by atoms with E-state index in [1.165, 1.54) is 0 Å². The zero-order chi connectivity index (χ0) is 21.6. The van der Waals surface area contributed by atoms with Gasteiger partial charge in [0.2, 0.25) is 5.91 Å². The molecular weight excluding hydrogens is 386 g/mol. The number of anilines is 1. The zero-order valence-electron chi connectivity index (χ0n) is 17.3. The van der Waals surface area contributed by atoms with Gasteiger partial charge in [0.15, 0.2) is 0 Å². The summed E-state index contributed by atoms with van der Waals surface area (Å²) >= 11 is 0. The van der Waals surface area contributed by atoms with Crippen molar-refractivity contribution < 1.29 is 4.79 Å². The summed E-state index contributed by atoms with van der Waals surface area (Å²) in [5, 5.41) is 17.7. The van der Waals surface area contributed by atoms with E-state index in [2.05, 4.69) is 33.6 Å². The minimum atomic E-state index is -0.313. The number of allylic oxidation sites excluding steroid dienone is 4. The van der Waals surface area contributed by atoms with E-state index in [0.717, 1.165) is 27.9 Å². The van der Waals surface area contributed by atoms with Crippen molar-refractivity contribution in [1.82, 2.24) is 9.78 Å². The number of nitrogens with zero attached hydrogens (tertiary/aromatic N) is 4. The Balaban J connectivity index is 1.54. The van der Waals surface area contributed by atoms with E-state index in [1.807, 2.05) is 54.1 Å². The number of amides is 1. The summed E-state index contributed by atoms with van der Waals surface area (Å²) in [6.45, 7) is 2.88. The predicted molar refractivity (Wildman–Crippen MR) is 123 cm³/mol. The minimum Gasteiger partial charge on any atom is -0.325 e. The Morgan fingerprint density at radius 2 is 2.06 bits per heavy atom. The van der Waals surface area contributed by atoms with Crippen LogP contribution in [0.2, 0.25) is 0 Å². The molecule has 1 aromatic heterocycles. The molecule has 3 aromatic rings. The molecule has 6 heteroatoms. The van der Waals surface area contributed by atoms with E-state index in [1.54, 1.807) is 18.3 Å². The number of carbonyl (C=O) groups excluding carboxylic acids is 1. The SMILES string of the molecule is CC1=NCC(C(=O)Nc2cccc3c2cnn3Cc2ccccc2)C/C=C/C(C#N)=C1. The molecule has 0 fully saturated rings. The summed E-state index contributed by atoms with van der Waals surface area (Å²) in [7, 11) is 0. The van der Waals surface area contributed by atoms with Crippen molar-refractivity contribution in [2.45, 2.75) is 19.9 Å². The van der Waals surface area contributed by atoms with Gasteiger partial charge < -0.3 is 5.32 Å². The topological polar surface area (TPSA) is 83.1 Å². The third-order valence-electron chi connectivity index (χ3n) is 5.26. The normalized spacial score (nSPS) is 17.5. The summed E-state index contributed by atoms with van der Waals surface area (Å²) < 4.78 is 1.94. The molecule has 0 saturated carbocycles. The predicted octanol–water partition coefficient (Wildman–Crippen LogP) is 4.51. The van der Waals surface area contributed by atoms with Crippen LogP contribution in [-0.2, 0) is 11.3 Å². The van der Waals surface area contributed by atoms with Crippen LogP contribution >= 0.6 is 0 Å². The van der Waals surface area contributed by atoms with Gasteiger partial charge in [0.1, 0.15) is 0 Å². The second-order valence-corrected chi connectivity index (χ2v) is 7.54.